The van der Waals surface area contributed by atoms with Crippen molar-refractivity contribution < 1.29 is 14.3 Å². The zero-order valence-corrected chi connectivity index (χ0v) is 15.8. The van der Waals surface area contributed by atoms with Crippen LogP contribution in [0.4, 0.5) is 17.2 Å². The molecule has 0 aliphatic heterocycles. The lowest BCUT2D eigenvalue weighted by molar-refractivity contribution is 0.102. The predicted molar refractivity (Wildman–Crippen MR) is 108 cm³/mol. The Kier molecular flexibility index (Phi) is 6.41. The molecule has 0 saturated heterocycles. The molecule has 0 bridgehead atoms. The molecular formula is C21H22N4O3. The van der Waals surface area contributed by atoms with Crippen molar-refractivity contribution in [3.8, 4) is 11.5 Å². The fraction of sp³-hybridized carbons (Fsp3) is 0.190. The number of carbonyl (C=O) groups excluding carboxylic acids is 1. The van der Waals surface area contributed by atoms with Gasteiger partial charge < -0.3 is 20.1 Å². The van der Waals surface area contributed by atoms with Gasteiger partial charge in [0, 0.05) is 5.69 Å². The lowest BCUT2D eigenvalue weighted by Gasteiger charge is -2.11. The summed E-state index contributed by atoms with van der Waals surface area (Å²) >= 11 is 0. The number of rotatable bonds is 8. The first-order chi connectivity index (χ1) is 13.7. The quantitative estimate of drug-likeness (QED) is 0.609. The van der Waals surface area contributed by atoms with Crippen molar-refractivity contribution in [1.29, 1.82) is 0 Å². The van der Waals surface area contributed by atoms with Crippen LogP contribution >= 0.6 is 0 Å². The van der Waals surface area contributed by atoms with Crippen LogP contribution in [-0.2, 0) is 0 Å². The van der Waals surface area contributed by atoms with Gasteiger partial charge in [0.1, 0.15) is 11.5 Å². The van der Waals surface area contributed by atoms with Gasteiger partial charge in [0.2, 0.25) is 0 Å². The summed E-state index contributed by atoms with van der Waals surface area (Å²) in [5.41, 5.74) is 1.65. The van der Waals surface area contributed by atoms with Crippen molar-refractivity contribution >= 4 is 23.1 Å². The van der Waals surface area contributed by atoms with E-state index in [9.17, 15) is 4.79 Å². The summed E-state index contributed by atoms with van der Waals surface area (Å²) in [7, 11) is 0. The zero-order valence-electron chi connectivity index (χ0n) is 15.8. The summed E-state index contributed by atoms with van der Waals surface area (Å²) in [5, 5.41) is 14.0. The fourth-order valence-corrected chi connectivity index (χ4v) is 2.51. The monoisotopic (exact) mass is 378 g/mol. The summed E-state index contributed by atoms with van der Waals surface area (Å²) in [6.45, 7) is 4.96. The predicted octanol–water partition coefficient (Wildman–Crippen LogP) is 4.27. The van der Waals surface area contributed by atoms with E-state index in [2.05, 4.69) is 20.8 Å². The molecule has 1 aromatic heterocycles. The van der Waals surface area contributed by atoms with Gasteiger partial charge in [0.15, 0.2) is 11.5 Å². The average Bonchev–Trinajstić information content (AvgIpc) is 2.72. The normalized spacial score (nSPS) is 10.2. The van der Waals surface area contributed by atoms with Crippen molar-refractivity contribution in [1.82, 2.24) is 10.2 Å². The minimum absolute atomic E-state index is 0.212. The molecule has 0 radical (unpaired) electrons. The Morgan fingerprint density at radius 3 is 2.32 bits per heavy atom. The van der Waals surface area contributed by atoms with Gasteiger partial charge in [0.25, 0.3) is 5.91 Å². The minimum atomic E-state index is -0.354. The zero-order chi connectivity index (χ0) is 19.8. The number of nitrogens with one attached hydrogen (secondary N) is 2. The maximum absolute atomic E-state index is 12.4. The van der Waals surface area contributed by atoms with Crippen molar-refractivity contribution in [2.75, 3.05) is 23.8 Å². The molecule has 3 aromatic rings. The van der Waals surface area contributed by atoms with E-state index in [4.69, 9.17) is 9.47 Å². The third-order valence-corrected chi connectivity index (χ3v) is 3.77. The molecule has 2 N–H and O–H groups in total. The van der Waals surface area contributed by atoms with E-state index in [1.54, 1.807) is 24.3 Å². The Balaban J connectivity index is 1.64. The van der Waals surface area contributed by atoms with Crippen LogP contribution in [0.3, 0.4) is 0 Å². The Labute approximate surface area is 163 Å². The fourth-order valence-electron chi connectivity index (χ4n) is 2.51. The highest BCUT2D eigenvalue weighted by molar-refractivity contribution is 6.03. The molecule has 7 heteroatoms. The standard InChI is InChI=1S/C21H22N4O3/c1-3-27-16-11-9-15(10-12-16)22-20-14-13-18(24-25-20)21(26)23-17-7-5-6-8-19(17)28-4-2/h5-14H,3-4H2,1-2H3,(H,22,25)(H,23,26). The van der Waals surface area contributed by atoms with Gasteiger partial charge in [-0.25, -0.2) is 0 Å². The van der Waals surface area contributed by atoms with Gasteiger partial charge in [-0.1, -0.05) is 12.1 Å². The second kappa shape index (κ2) is 9.36. The Bertz CT molecular complexity index is 912. The van der Waals surface area contributed by atoms with Crippen molar-refractivity contribution in [2.45, 2.75) is 13.8 Å². The molecule has 0 saturated carbocycles. The molecule has 28 heavy (non-hydrogen) atoms. The van der Waals surface area contributed by atoms with Crippen LogP contribution in [0.2, 0.25) is 0 Å². The van der Waals surface area contributed by atoms with Crippen LogP contribution < -0.4 is 20.1 Å². The maximum Gasteiger partial charge on any atom is 0.276 e. The van der Waals surface area contributed by atoms with Crippen LogP contribution in [0, 0.1) is 0 Å². The number of aromatic nitrogens is 2. The molecule has 144 valence electrons. The molecule has 0 fully saturated rings. The number of ether oxygens (including phenoxy) is 2. The van der Waals surface area contributed by atoms with Crippen LogP contribution in [-0.4, -0.2) is 29.3 Å². The molecule has 0 unspecified atom stereocenters. The van der Waals surface area contributed by atoms with Gasteiger partial charge in [-0.05, 0) is 62.4 Å². The SMILES string of the molecule is CCOc1ccc(Nc2ccc(C(=O)Nc3ccccc3OCC)nn2)cc1. The third kappa shape index (κ3) is 4.97. The molecule has 0 spiro atoms. The van der Waals surface area contributed by atoms with E-state index < -0.39 is 0 Å². The van der Waals surface area contributed by atoms with Crippen LogP contribution in [0.1, 0.15) is 24.3 Å². The van der Waals surface area contributed by atoms with Crippen LogP contribution in [0.5, 0.6) is 11.5 Å². The molecule has 2 aromatic carbocycles. The minimum Gasteiger partial charge on any atom is -0.494 e. The first kappa shape index (κ1) is 19.2. The van der Waals surface area contributed by atoms with E-state index >= 15 is 0 Å². The lowest BCUT2D eigenvalue weighted by Crippen LogP contribution is -2.15. The number of benzene rings is 2. The summed E-state index contributed by atoms with van der Waals surface area (Å²) < 4.78 is 10.9. The Morgan fingerprint density at radius 1 is 0.893 bits per heavy atom. The number of nitrogens with zero attached hydrogens (tertiary/aromatic N) is 2. The lowest BCUT2D eigenvalue weighted by atomic mass is 10.2. The number of carbonyl (C=O) groups is 1. The van der Waals surface area contributed by atoms with Crippen LogP contribution in [0.25, 0.3) is 0 Å². The van der Waals surface area contributed by atoms with Gasteiger partial charge in [-0.15, -0.1) is 10.2 Å². The summed E-state index contributed by atoms with van der Waals surface area (Å²) in [6, 6.07) is 18.1. The molecule has 1 heterocycles. The van der Waals surface area contributed by atoms with Gasteiger partial charge in [-0.3, -0.25) is 4.79 Å². The molecular weight excluding hydrogens is 356 g/mol. The maximum atomic E-state index is 12.4. The van der Waals surface area contributed by atoms with E-state index in [1.165, 1.54) is 0 Å². The first-order valence-electron chi connectivity index (χ1n) is 9.06. The molecule has 0 atom stereocenters. The number of para-hydroxylation sites is 2. The van der Waals surface area contributed by atoms with E-state index in [0.29, 0.717) is 30.5 Å². The molecule has 1 amide bonds. The van der Waals surface area contributed by atoms with Crippen molar-refractivity contribution in [3.05, 3.63) is 66.4 Å². The first-order valence-corrected chi connectivity index (χ1v) is 9.06. The summed E-state index contributed by atoms with van der Waals surface area (Å²) in [4.78, 5) is 12.4. The van der Waals surface area contributed by atoms with E-state index in [0.717, 1.165) is 11.4 Å². The Morgan fingerprint density at radius 2 is 1.64 bits per heavy atom. The van der Waals surface area contributed by atoms with E-state index in [1.807, 2.05) is 50.2 Å². The van der Waals surface area contributed by atoms with Gasteiger partial charge >= 0.3 is 0 Å². The van der Waals surface area contributed by atoms with Crippen LogP contribution in [0.15, 0.2) is 60.7 Å². The highest BCUT2D eigenvalue weighted by Gasteiger charge is 2.11. The van der Waals surface area contributed by atoms with Gasteiger partial charge in [0.05, 0.1) is 18.9 Å². The van der Waals surface area contributed by atoms with Crippen molar-refractivity contribution in [2.24, 2.45) is 0 Å². The Hall–Kier alpha value is -3.61. The number of hydrogen-bond donors (Lipinski definition) is 2. The van der Waals surface area contributed by atoms with Crippen molar-refractivity contribution in [3.63, 3.8) is 0 Å². The number of hydrogen-bond acceptors (Lipinski definition) is 6. The second-order valence-corrected chi connectivity index (χ2v) is 5.77. The summed E-state index contributed by atoms with van der Waals surface area (Å²) in [5.74, 6) is 1.60. The molecule has 0 aliphatic rings. The largest absolute Gasteiger partial charge is 0.494 e. The smallest absolute Gasteiger partial charge is 0.276 e. The molecule has 3 rings (SSSR count). The second-order valence-electron chi connectivity index (χ2n) is 5.77. The molecule has 7 nitrogen and oxygen atoms in total. The molecule has 0 aliphatic carbocycles. The average molecular weight is 378 g/mol. The number of anilines is 3. The van der Waals surface area contributed by atoms with E-state index in [-0.39, 0.29) is 11.6 Å². The topological polar surface area (TPSA) is 85.4 Å². The van der Waals surface area contributed by atoms with Gasteiger partial charge in [-0.2, -0.15) is 0 Å². The number of amides is 1. The summed E-state index contributed by atoms with van der Waals surface area (Å²) in [6.07, 6.45) is 0. The highest BCUT2D eigenvalue weighted by atomic mass is 16.5. The highest BCUT2D eigenvalue weighted by Crippen LogP contribution is 2.24. The third-order valence-electron chi connectivity index (χ3n) is 3.77.